The van der Waals surface area contributed by atoms with Crippen LogP contribution in [0.2, 0.25) is 0 Å². The van der Waals surface area contributed by atoms with Gasteiger partial charge in [-0.1, -0.05) is 29.8 Å². The van der Waals surface area contributed by atoms with Crippen LogP contribution < -0.4 is 5.56 Å². The Balaban J connectivity index is 2.07. The van der Waals surface area contributed by atoms with Crippen molar-refractivity contribution in [3.05, 3.63) is 75.8 Å². The second kappa shape index (κ2) is 5.44. The van der Waals surface area contributed by atoms with Crippen molar-refractivity contribution in [3.8, 4) is 0 Å². The highest BCUT2D eigenvalue weighted by molar-refractivity contribution is 5.92. The van der Waals surface area contributed by atoms with Gasteiger partial charge in [-0.05, 0) is 30.7 Å². The van der Waals surface area contributed by atoms with E-state index in [9.17, 15) is 9.59 Å². The van der Waals surface area contributed by atoms with Gasteiger partial charge in [-0.25, -0.2) is 9.78 Å². The summed E-state index contributed by atoms with van der Waals surface area (Å²) in [6.45, 7) is 2.40. The summed E-state index contributed by atoms with van der Waals surface area (Å²) in [5, 5.41) is 9.35. The smallest absolute Gasteiger partial charge is 0.335 e. The number of benzene rings is 2. The first-order valence-corrected chi connectivity index (χ1v) is 6.82. The Morgan fingerprint density at radius 1 is 1.18 bits per heavy atom. The van der Waals surface area contributed by atoms with Gasteiger partial charge >= 0.3 is 5.97 Å². The first-order chi connectivity index (χ1) is 10.5. The quantitative estimate of drug-likeness (QED) is 0.805. The Labute approximate surface area is 126 Å². The first-order valence-electron chi connectivity index (χ1n) is 6.82. The summed E-state index contributed by atoms with van der Waals surface area (Å²) < 4.78 is 1.48. The van der Waals surface area contributed by atoms with Crippen molar-refractivity contribution in [2.75, 3.05) is 0 Å². The van der Waals surface area contributed by atoms with Gasteiger partial charge in [0.15, 0.2) is 0 Å². The van der Waals surface area contributed by atoms with Crippen molar-refractivity contribution in [2.24, 2.45) is 0 Å². The summed E-state index contributed by atoms with van der Waals surface area (Å²) >= 11 is 0. The summed E-state index contributed by atoms with van der Waals surface area (Å²) in [6, 6.07) is 12.3. The molecule has 0 radical (unpaired) electrons. The normalized spacial score (nSPS) is 10.8. The number of carboxylic acid groups (broad SMARTS) is 1. The lowest BCUT2D eigenvalue weighted by molar-refractivity contribution is 0.0697. The molecule has 0 aliphatic carbocycles. The Morgan fingerprint density at radius 2 is 1.91 bits per heavy atom. The topological polar surface area (TPSA) is 72.2 Å². The van der Waals surface area contributed by atoms with Crippen LogP contribution in [0.3, 0.4) is 0 Å². The molecule has 0 atom stereocenters. The van der Waals surface area contributed by atoms with E-state index in [1.54, 1.807) is 6.07 Å². The summed E-state index contributed by atoms with van der Waals surface area (Å²) in [6.07, 6.45) is 1.49. The number of rotatable bonds is 3. The molecule has 0 saturated heterocycles. The van der Waals surface area contributed by atoms with Gasteiger partial charge in [-0.2, -0.15) is 0 Å². The highest BCUT2D eigenvalue weighted by Crippen LogP contribution is 2.11. The van der Waals surface area contributed by atoms with Gasteiger partial charge in [0.05, 0.1) is 29.3 Å². The van der Waals surface area contributed by atoms with Crippen LogP contribution in [0.25, 0.3) is 10.9 Å². The lowest BCUT2D eigenvalue weighted by Gasteiger charge is -2.07. The van der Waals surface area contributed by atoms with Crippen molar-refractivity contribution >= 4 is 16.9 Å². The molecule has 0 aliphatic rings. The third-order valence-electron chi connectivity index (χ3n) is 3.54. The van der Waals surface area contributed by atoms with Crippen LogP contribution in [0.15, 0.2) is 53.6 Å². The number of carbonyl (C=O) groups is 1. The van der Waals surface area contributed by atoms with Crippen molar-refractivity contribution in [3.63, 3.8) is 0 Å². The maximum atomic E-state index is 12.5. The lowest BCUT2D eigenvalue weighted by Crippen LogP contribution is -2.21. The van der Waals surface area contributed by atoms with Gasteiger partial charge in [0.2, 0.25) is 0 Å². The fraction of sp³-hybridized carbons (Fsp3) is 0.118. The van der Waals surface area contributed by atoms with Crippen LogP contribution in [-0.2, 0) is 6.54 Å². The summed E-state index contributed by atoms with van der Waals surface area (Å²) in [4.78, 5) is 27.8. The van der Waals surface area contributed by atoms with Crippen LogP contribution in [-0.4, -0.2) is 20.6 Å². The molecule has 1 N–H and O–H groups in total. The second-order valence-corrected chi connectivity index (χ2v) is 5.20. The molecule has 0 spiro atoms. The van der Waals surface area contributed by atoms with Gasteiger partial charge in [-0.15, -0.1) is 0 Å². The highest BCUT2D eigenvalue weighted by atomic mass is 16.4. The summed E-state index contributed by atoms with van der Waals surface area (Å²) in [5.41, 5.74) is 2.48. The maximum Gasteiger partial charge on any atom is 0.335 e. The van der Waals surface area contributed by atoms with E-state index in [2.05, 4.69) is 4.98 Å². The van der Waals surface area contributed by atoms with Crippen molar-refractivity contribution in [1.82, 2.24) is 9.55 Å². The number of aromatic carboxylic acids is 1. The minimum Gasteiger partial charge on any atom is -0.478 e. The Bertz CT molecular complexity index is 911. The molecule has 0 bridgehead atoms. The van der Waals surface area contributed by atoms with Gasteiger partial charge in [0.25, 0.3) is 5.56 Å². The summed E-state index contributed by atoms with van der Waals surface area (Å²) in [7, 11) is 0. The number of nitrogens with zero attached hydrogens (tertiary/aromatic N) is 2. The second-order valence-electron chi connectivity index (χ2n) is 5.20. The molecule has 2 aromatic carbocycles. The van der Waals surface area contributed by atoms with Gasteiger partial charge < -0.3 is 5.11 Å². The van der Waals surface area contributed by atoms with Crippen LogP contribution >= 0.6 is 0 Å². The molecule has 0 saturated carbocycles. The standard InChI is InChI=1S/C17H14N2O3/c1-11-2-4-12(5-3-11)9-19-10-18-15-7-6-13(17(21)22)8-14(15)16(19)20/h2-8,10H,9H2,1H3,(H,21,22). The van der Waals surface area contributed by atoms with E-state index < -0.39 is 5.97 Å². The molecule has 1 aromatic heterocycles. The van der Waals surface area contributed by atoms with Crippen LogP contribution in [0, 0.1) is 6.92 Å². The third-order valence-corrected chi connectivity index (χ3v) is 3.54. The number of carboxylic acids is 1. The summed E-state index contributed by atoms with van der Waals surface area (Å²) in [5.74, 6) is -1.06. The zero-order valence-electron chi connectivity index (χ0n) is 12.0. The van der Waals surface area contributed by atoms with Crippen molar-refractivity contribution in [1.29, 1.82) is 0 Å². The third kappa shape index (κ3) is 2.61. The monoisotopic (exact) mass is 294 g/mol. The lowest BCUT2D eigenvalue weighted by atomic mass is 10.1. The number of aromatic nitrogens is 2. The van der Waals surface area contributed by atoms with Gasteiger partial charge in [-0.3, -0.25) is 9.36 Å². The Hall–Kier alpha value is -2.95. The Kier molecular flexibility index (Phi) is 3.47. The van der Waals surface area contributed by atoms with E-state index in [0.717, 1.165) is 11.1 Å². The average molecular weight is 294 g/mol. The molecule has 0 aliphatic heterocycles. The van der Waals surface area contributed by atoms with Crippen molar-refractivity contribution in [2.45, 2.75) is 13.5 Å². The van der Waals surface area contributed by atoms with E-state index in [0.29, 0.717) is 17.4 Å². The highest BCUT2D eigenvalue weighted by Gasteiger charge is 2.09. The molecule has 3 rings (SSSR count). The van der Waals surface area contributed by atoms with Gasteiger partial charge in [0, 0.05) is 0 Å². The van der Waals surface area contributed by atoms with E-state index in [4.69, 9.17) is 5.11 Å². The first kappa shape index (κ1) is 14.0. The largest absolute Gasteiger partial charge is 0.478 e. The molecule has 0 unspecified atom stereocenters. The number of fused-ring (bicyclic) bond motifs is 1. The minimum atomic E-state index is -1.06. The molecule has 1 heterocycles. The Morgan fingerprint density at radius 3 is 2.59 bits per heavy atom. The maximum absolute atomic E-state index is 12.5. The van der Waals surface area contributed by atoms with Crippen LogP contribution in [0.4, 0.5) is 0 Å². The predicted molar refractivity (Wildman–Crippen MR) is 83.2 cm³/mol. The molecular formula is C17H14N2O3. The van der Waals surface area contributed by atoms with E-state index in [1.807, 2.05) is 31.2 Å². The van der Waals surface area contributed by atoms with Crippen LogP contribution in [0.1, 0.15) is 21.5 Å². The zero-order chi connectivity index (χ0) is 15.7. The van der Waals surface area contributed by atoms with E-state index in [-0.39, 0.29) is 11.1 Å². The SMILES string of the molecule is Cc1ccc(Cn2cnc3ccc(C(=O)O)cc3c2=O)cc1. The predicted octanol–water partition coefficient (Wildman–Crippen LogP) is 2.45. The van der Waals surface area contributed by atoms with E-state index in [1.165, 1.54) is 23.0 Å². The fourth-order valence-electron chi connectivity index (χ4n) is 2.29. The average Bonchev–Trinajstić information content (AvgIpc) is 2.52. The molecule has 0 fully saturated rings. The molecular weight excluding hydrogens is 280 g/mol. The van der Waals surface area contributed by atoms with Gasteiger partial charge in [0.1, 0.15) is 0 Å². The number of hydrogen-bond acceptors (Lipinski definition) is 3. The molecule has 0 amide bonds. The van der Waals surface area contributed by atoms with E-state index >= 15 is 0 Å². The van der Waals surface area contributed by atoms with Crippen molar-refractivity contribution < 1.29 is 9.90 Å². The molecule has 5 nitrogen and oxygen atoms in total. The number of hydrogen-bond donors (Lipinski definition) is 1. The number of aryl methyl sites for hydroxylation is 1. The molecule has 110 valence electrons. The van der Waals surface area contributed by atoms with Crippen LogP contribution in [0.5, 0.6) is 0 Å². The minimum absolute atomic E-state index is 0.0829. The molecule has 22 heavy (non-hydrogen) atoms. The fourth-order valence-corrected chi connectivity index (χ4v) is 2.29. The molecule has 3 aromatic rings. The zero-order valence-corrected chi connectivity index (χ0v) is 12.0. The molecule has 5 heteroatoms.